The van der Waals surface area contributed by atoms with Crippen LogP contribution in [0.5, 0.6) is 11.6 Å². The van der Waals surface area contributed by atoms with Gasteiger partial charge in [-0.25, -0.2) is 4.98 Å². The SMILES string of the molecule is O=C(O)CCCOc1ccc2cc(-c3nc(OCc4ccccc4Br)cc(-c4ccccc4)n3)ccc2c1. The normalized spacial score (nSPS) is 10.9. The Balaban J connectivity index is 1.43. The Labute approximate surface area is 229 Å². The number of hydrogen-bond donors (Lipinski definition) is 1. The molecule has 5 rings (SSSR count). The molecule has 1 heterocycles. The molecule has 0 saturated carbocycles. The predicted octanol–water partition coefficient (Wildman–Crippen LogP) is 7.55. The van der Waals surface area contributed by atoms with Crippen molar-refractivity contribution in [1.82, 2.24) is 9.97 Å². The van der Waals surface area contributed by atoms with Gasteiger partial charge in [-0.05, 0) is 41.5 Å². The lowest BCUT2D eigenvalue weighted by atomic mass is 10.1. The highest BCUT2D eigenvalue weighted by Gasteiger charge is 2.12. The van der Waals surface area contributed by atoms with Gasteiger partial charge in [-0.3, -0.25) is 4.79 Å². The molecule has 0 aliphatic carbocycles. The fourth-order valence-electron chi connectivity index (χ4n) is 4.02. The van der Waals surface area contributed by atoms with Gasteiger partial charge in [0.2, 0.25) is 5.88 Å². The number of carboxylic acid groups (broad SMARTS) is 1. The highest BCUT2D eigenvalue weighted by atomic mass is 79.9. The van der Waals surface area contributed by atoms with Crippen LogP contribution in [0.1, 0.15) is 18.4 Å². The average molecular weight is 569 g/mol. The van der Waals surface area contributed by atoms with Crippen molar-refractivity contribution in [3.8, 4) is 34.3 Å². The number of carbonyl (C=O) groups is 1. The van der Waals surface area contributed by atoms with Crippen molar-refractivity contribution in [2.24, 2.45) is 0 Å². The Bertz CT molecular complexity index is 1570. The summed E-state index contributed by atoms with van der Waals surface area (Å²) in [5, 5.41) is 10.8. The maximum Gasteiger partial charge on any atom is 0.303 e. The Kier molecular flexibility index (Phi) is 7.95. The molecule has 5 aromatic rings. The third-order valence-electron chi connectivity index (χ3n) is 5.98. The predicted molar refractivity (Wildman–Crippen MR) is 151 cm³/mol. The Morgan fingerprint density at radius 1 is 0.789 bits per heavy atom. The van der Waals surface area contributed by atoms with Gasteiger partial charge in [0.1, 0.15) is 12.4 Å². The zero-order valence-corrected chi connectivity index (χ0v) is 22.1. The van der Waals surface area contributed by atoms with E-state index in [9.17, 15) is 4.79 Å². The summed E-state index contributed by atoms with van der Waals surface area (Å²) >= 11 is 3.58. The monoisotopic (exact) mass is 568 g/mol. The van der Waals surface area contributed by atoms with Crippen molar-refractivity contribution < 1.29 is 19.4 Å². The number of carboxylic acids is 1. The Morgan fingerprint density at radius 2 is 1.55 bits per heavy atom. The van der Waals surface area contributed by atoms with Crippen molar-refractivity contribution in [2.75, 3.05) is 6.61 Å². The van der Waals surface area contributed by atoms with E-state index in [0.29, 0.717) is 37.1 Å². The van der Waals surface area contributed by atoms with E-state index in [-0.39, 0.29) is 6.42 Å². The largest absolute Gasteiger partial charge is 0.494 e. The minimum atomic E-state index is -0.820. The molecule has 0 amide bonds. The van der Waals surface area contributed by atoms with Crippen molar-refractivity contribution in [2.45, 2.75) is 19.4 Å². The number of hydrogen-bond acceptors (Lipinski definition) is 5. The molecule has 1 aromatic heterocycles. The molecule has 190 valence electrons. The molecule has 1 N–H and O–H groups in total. The lowest BCUT2D eigenvalue weighted by molar-refractivity contribution is -0.137. The second-order valence-electron chi connectivity index (χ2n) is 8.73. The summed E-state index contributed by atoms with van der Waals surface area (Å²) in [6, 6.07) is 31.6. The van der Waals surface area contributed by atoms with E-state index in [1.54, 1.807) is 0 Å². The molecule has 0 aliphatic heterocycles. The summed E-state index contributed by atoms with van der Waals surface area (Å²) in [7, 11) is 0. The number of nitrogens with zero attached hydrogens (tertiary/aromatic N) is 2. The van der Waals surface area contributed by atoms with E-state index in [4.69, 9.17) is 24.5 Å². The number of halogens is 1. The summed E-state index contributed by atoms with van der Waals surface area (Å²) in [6.07, 6.45) is 0.556. The minimum absolute atomic E-state index is 0.0906. The third-order valence-corrected chi connectivity index (χ3v) is 6.75. The first-order chi connectivity index (χ1) is 18.5. The fourth-order valence-corrected chi connectivity index (χ4v) is 4.42. The van der Waals surface area contributed by atoms with E-state index in [1.165, 1.54) is 0 Å². The molecule has 0 bridgehead atoms. The Hall–Kier alpha value is -4.23. The zero-order valence-electron chi connectivity index (χ0n) is 20.5. The molecule has 0 fully saturated rings. The maximum absolute atomic E-state index is 10.7. The number of aromatic nitrogens is 2. The van der Waals surface area contributed by atoms with Crippen molar-refractivity contribution >= 4 is 32.7 Å². The standard InChI is InChI=1S/C31H25BrN2O4/c32-27-10-5-4-9-25(27)20-38-29-19-28(21-7-2-1-3-8-21)33-31(34-29)24-13-12-23-18-26(15-14-22(23)17-24)37-16-6-11-30(35)36/h1-5,7-10,12-15,17-19H,6,11,16,20H2,(H,35,36). The summed E-state index contributed by atoms with van der Waals surface area (Å²) in [5.74, 6) is 0.958. The molecule has 6 nitrogen and oxygen atoms in total. The summed E-state index contributed by atoms with van der Waals surface area (Å²) in [5.41, 5.74) is 3.66. The molecular weight excluding hydrogens is 544 g/mol. The van der Waals surface area contributed by atoms with Gasteiger partial charge in [0.25, 0.3) is 0 Å². The van der Waals surface area contributed by atoms with Gasteiger partial charge < -0.3 is 14.6 Å². The van der Waals surface area contributed by atoms with Gasteiger partial charge in [-0.1, -0.05) is 82.7 Å². The highest BCUT2D eigenvalue weighted by Crippen LogP contribution is 2.29. The van der Waals surface area contributed by atoms with E-state index in [0.717, 1.165) is 37.6 Å². The van der Waals surface area contributed by atoms with Gasteiger partial charge >= 0.3 is 5.97 Å². The van der Waals surface area contributed by atoms with Crippen molar-refractivity contribution in [3.05, 3.63) is 107 Å². The minimum Gasteiger partial charge on any atom is -0.494 e. The molecular formula is C31H25BrN2O4. The summed E-state index contributed by atoms with van der Waals surface area (Å²) in [4.78, 5) is 20.3. The van der Waals surface area contributed by atoms with Crippen LogP contribution in [0.4, 0.5) is 0 Å². The van der Waals surface area contributed by atoms with Crippen LogP contribution in [0.15, 0.2) is 102 Å². The first kappa shape index (κ1) is 25.4. The summed E-state index contributed by atoms with van der Waals surface area (Å²) < 4.78 is 12.8. The van der Waals surface area contributed by atoms with Crippen LogP contribution in [-0.2, 0) is 11.4 Å². The third kappa shape index (κ3) is 6.36. The first-order valence-corrected chi connectivity index (χ1v) is 13.0. The van der Waals surface area contributed by atoms with E-state index >= 15 is 0 Å². The smallest absolute Gasteiger partial charge is 0.303 e. The van der Waals surface area contributed by atoms with Gasteiger partial charge in [0, 0.05) is 33.7 Å². The second-order valence-corrected chi connectivity index (χ2v) is 9.58. The van der Waals surface area contributed by atoms with Gasteiger partial charge in [-0.2, -0.15) is 4.98 Å². The summed E-state index contributed by atoms with van der Waals surface area (Å²) in [6.45, 7) is 0.734. The number of ether oxygens (including phenoxy) is 2. The van der Waals surface area contributed by atoms with Crippen LogP contribution in [0.2, 0.25) is 0 Å². The lowest BCUT2D eigenvalue weighted by Gasteiger charge is -2.12. The van der Waals surface area contributed by atoms with Crippen LogP contribution < -0.4 is 9.47 Å². The van der Waals surface area contributed by atoms with Crippen molar-refractivity contribution in [1.29, 1.82) is 0 Å². The number of rotatable bonds is 10. The van der Waals surface area contributed by atoms with Gasteiger partial charge in [0.05, 0.1) is 12.3 Å². The van der Waals surface area contributed by atoms with Crippen LogP contribution in [0.3, 0.4) is 0 Å². The van der Waals surface area contributed by atoms with Gasteiger partial charge in [-0.15, -0.1) is 0 Å². The van der Waals surface area contributed by atoms with Crippen LogP contribution in [0, 0.1) is 0 Å². The molecule has 7 heteroatoms. The van der Waals surface area contributed by atoms with E-state index < -0.39 is 5.97 Å². The van der Waals surface area contributed by atoms with Crippen LogP contribution in [-0.4, -0.2) is 27.7 Å². The van der Waals surface area contributed by atoms with E-state index in [1.807, 2.05) is 97.1 Å². The van der Waals surface area contributed by atoms with Crippen LogP contribution >= 0.6 is 15.9 Å². The molecule has 0 spiro atoms. The maximum atomic E-state index is 10.7. The highest BCUT2D eigenvalue weighted by molar-refractivity contribution is 9.10. The Morgan fingerprint density at radius 3 is 2.37 bits per heavy atom. The fraction of sp³-hybridized carbons (Fsp3) is 0.129. The molecule has 0 saturated heterocycles. The molecule has 0 unspecified atom stereocenters. The first-order valence-electron chi connectivity index (χ1n) is 12.2. The molecule has 4 aromatic carbocycles. The number of benzene rings is 4. The molecule has 0 radical (unpaired) electrons. The number of aliphatic carboxylic acids is 1. The lowest BCUT2D eigenvalue weighted by Crippen LogP contribution is -2.02. The zero-order chi connectivity index (χ0) is 26.3. The molecule has 38 heavy (non-hydrogen) atoms. The van der Waals surface area contributed by atoms with Crippen molar-refractivity contribution in [3.63, 3.8) is 0 Å². The van der Waals surface area contributed by atoms with Crippen LogP contribution in [0.25, 0.3) is 33.4 Å². The van der Waals surface area contributed by atoms with E-state index in [2.05, 4.69) is 15.9 Å². The second kappa shape index (κ2) is 11.9. The number of fused-ring (bicyclic) bond motifs is 1. The molecule has 0 atom stereocenters. The quantitative estimate of drug-likeness (QED) is 0.175. The van der Waals surface area contributed by atoms with Gasteiger partial charge in [0.15, 0.2) is 5.82 Å². The topological polar surface area (TPSA) is 81.5 Å². The average Bonchev–Trinajstić information content (AvgIpc) is 2.95. The molecule has 0 aliphatic rings.